The van der Waals surface area contributed by atoms with Gasteiger partial charge in [0.25, 0.3) is 5.91 Å². The predicted molar refractivity (Wildman–Crippen MR) is 114 cm³/mol. The summed E-state index contributed by atoms with van der Waals surface area (Å²) in [6, 6.07) is 9.11. The Morgan fingerprint density at radius 3 is 2.47 bits per heavy atom. The minimum atomic E-state index is -1.10. The van der Waals surface area contributed by atoms with Gasteiger partial charge in [-0.2, -0.15) is 0 Å². The highest BCUT2D eigenvalue weighted by molar-refractivity contribution is 6.01. The Hall–Kier alpha value is -4.28. The Balaban J connectivity index is 1.48. The number of urea groups is 1. The molecule has 4 N–H and O–H groups in total. The van der Waals surface area contributed by atoms with Crippen molar-refractivity contribution in [1.29, 1.82) is 0 Å². The summed E-state index contributed by atoms with van der Waals surface area (Å²) in [7, 11) is 0. The van der Waals surface area contributed by atoms with Gasteiger partial charge in [0.2, 0.25) is 5.75 Å². The lowest BCUT2D eigenvalue weighted by Gasteiger charge is -2.31. The number of benzene rings is 2. The molecular formula is C21H18F2N6O3. The second-order valence-corrected chi connectivity index (χ2v) is 7.38. The first-order chi connectivity index (χ1) is 15.2. The second kappa shape index (κ2) is 8.10. The molecule has 4 rings (SSSR count). The number of nitrogens with zero attached hydrogens (tertiary/aromatic N) is 2. The fraction of sp³-hybridized carbons (Fsp3) is 0.143. The van der Waals surface area contributed by atoms with Crippen molar-refractivity contribution in [1.82, 2.24) is 9.97 Å². The predicted octanol–water partition coefficient (Wildman–Crippen LogP) is 4.25. The molecule has 1 aromatic heterocycles. The Morgan fingerprint density at radius 1 is 1.00 bits per heavy atom. The number of ether oxygens (including phenoxy) is 1. The van der Waals surface area contributed by atoms with Crippen LogP contribution in [0.3, 0.4) is 0 Å². The van der Waals surface area contributed by atoms with Crippen LogP contribution in [0, 0.1) is 11.6 Å². The van der Waals surface area contributed by atoms with Crippen LogP contribution < -0.4 is 26.0 Å². The smallest absolute Gasteiger partial charge is 0.323 e. The van der Waals surface area contributed by atoms with E-state index in [2.05, 4.69) is 31.2 Å². The van der Waals surface area contributed by atoms with Crippen LogP contribution in [0.25, 0.3) is 0 Å². The fourth-order valence-electron chi connectivity index (χ4n) is 2.89. The summed E-state index contributed by atoms with van der Waals surface area (Å²) < 4.78 is 32.1. The summed E-state index contributed by atoms with van der Waals surface area (Å²) >= 11 is 0. The van der Waals surface area contributed by atoms with E-state index in [0.29, 0.717) is 17.2 Å². The number of nitrogens with one attached hydrogen (secondary N) is 4. The molecule has 11 heteroatoms. The lowest BCUT2D eigenvalue weighted by atomic mass is 10.1. The summed E-state index contributed by atoms with van der Waals surface area (Å²) in [4.78, 5) is 32.5. The molecule has 32 heavy (non-hydrogen) atoms. The third-order valence-electron chi connectivity index (χ3n) is 4.50. The highest BCUT2D eigenvalue weighted by Crippen LogP contribution is 2.38. The zero-order valence-electron chi connectivity index (χ0n) is 17.0. The average Bonchev–Trinajstić information content (AvgIpc) is 2.72. The highest BCUT2D eigenvalue weighted by atomic mass is 19.2. The maximum absolute atomic E-state index is 13.3. The molecule has 0 spiro atoms. The minimum Gasteiger partial charge on any atom is -0.470 e. The number of hydrogen-bond acceptors (Lipinski definition) is 6. The van der Waals surface area contributed by atoms with Gasteiger partial charge >= 0.3 is 6.03 Å². The largest absolute Gasteiger partial charge is 0.470 e. The first kappa shape index (κ1) is 21.0. The normalized spacial score (nSPS) is 13.9. The first-order valence-electron chi connectivity index (χ1n) is 9.47. The van der Waals surface area contributed by atoms with Gasteiger partial charge in [-0.1, -0.05) is 6.07 Å². The van der Waals surface area contributed by atoms with Crippen LogP contribution in [0.2, 0.25) is 0 Å². The van der Waals surface area contributed by atoms with Gasteiger partial charge in [-0.05, 0) is 44.2 Å². The van der Waals surface area contributed by atoms with Crippen LogP contribution in [-0.2, 0) is 4.79 Å². The molecule has 1 aliphatic rings. The average molecular weight is 440 g/mol. The van der Waals surface area contributed by atoms with Gasteiger partial charge in [-0.25, -0.2) is 23.5 Å². The number of fused-ring (bicyclic) bond motifs is 1. The van der Waals surface area contributed by atoms with E-state index >= 15 is 0 Å². The Bertz CT molecular complexity index is 1220. The third-order valence-corrected chi connectivity index (χ3v) is 4.50. The molecule has 9 nitrogen and oxygen atoms in total. The lowest BCUT2D eigenvalue weighted by molar-refractivity contribution is -0.129. The zero-order valence-corrected chi connectivity index (χ0v) is 17.0. The van der Waals surface area contributed by atoms with Crippen molar-refractivity contribution in [2.45, 2.75) is 19.4 Å². The molecule has 0 atom stereocenters. The van der Waals surface area contributed by atoms with Crippen LogP contribution in [0.1, 0.15) is 13.8 Å². The number of carbonyl (C=O) groups is 2. The van der Waals surface area contributed by atoms with E-state index in [1.807, 2.05) is 0 Å². The van der Waals surface area contributed by atoms with Crippen molar-refractivity contribution >= 4 is 40.6 Å². The van der Waals surface area contributed by atoms with Gasteiger partial charge in [0, 0.05) is 23.1 Å². The Morgan fingerprint density at radius 2 is 1.72 bits per heavy atom. The number of carbonyl (C=O) groups excluding carboxylic acids is 2. The zero-order chi connectivity index (χ0) is 22.9. The molecular weight excluding hydrogens is 422 g/mol. The van der Waals surface area contributed by atoms with Gasteiger partial charge in [0.05, 0.1) is 0 Å². The number of anilines is 5. The third kappa shape index (κ3) is 4.41. The van der Waals surface area contributed by atoms with Crippen molar-refractivity contribution in [2.24, 2.45) is 0 Å². The van der Waals surface area contributed by atoms with Crippen molar-refractivity contribution in [3.8, 4) is 5.75 Å². The molecule has 3 aromatic rings. The molecule has 0 aliphatic carbocycles. The van der Waals surface area contributed by atoms with Gasteiger partial charge < -0.3 is 26.0 Å². The maximum atomic E-state index is 13.3. The molecule has 0 fully saturated rings. The van der Waals surface area contributed by atoms with Crippen molar-refractivity contribution in [2.75, 3.05) is 21.3 Å². The molecule has 0 saturated heterocycles. The topological polar surface area (TPSA) is 117 Å². The van der Waals surface area contributed by atoms with Gasteiger partial charge in [0.15, 0.2) is 28.9 Å². The quantitative estimate of drug-likeness (QED) is 0.482. The standard InChI is InChI=1S/C21H18F2N6O3/c1-21(2)19(30)29-18-16(32-21)17(24-10-25-18)26-11-4-3-5-12(8-11)27-20(31)28-13-6-7-14(22)15(23)9-13/h3-10H,1-2H3,(H2,27,28,31)(H2,24,25,26,29,30). The number of halogens is 2. The van der Waals surface area contributed by atoms with Crippen molar-refractivity contribution < 1.29 is 23.1 Å². The van der Waals surface area contributed by atoms with Crippen LogP contribution >= 0.6 is 0 Å². The second-order valence-electron chi connectivity index (χ2n) is 7.38. The summed E-state index contributed by atoms with van der Waals surface area (Å²) in [5, 5.41) is 10.8. The number of amides is 3. The van der Waals surface area contributed by atoms with E-state index in [0.717, 1.165) is 12.1 Å². The molecule has 3 amide bonds. The van der Waals surface area contributed by atoms with Gasteiger partial charge in [0.1, 0.15) is 6.33 Å². The summed E-state index contributed by atoms with van der Waals surface area (Å²) in [5.74, 6) is -1.55. The molecule has 1 aliphatic heterocycles. The lowest BCUT2D eigenvalue weighted by Crippen LogP contribution is -2.46. The van der Waals surface area contributed by atoms with E-state index in [1.54, 1.807) is 38.1 Å². The van der Waals surface area contributed by atoms with Gasteiger partial charge in [-0.3, -0.25) is 4.79 Å². The fourth-order valence-corrected chi connectivity index (χ4v) is 2.89. The number of aromatic nitrogens is 2. The Labute approximate surface area is 181 Å². The highest BCUT2D eigenvalue weighted by Gasteiger charge is 2.37. The molecule has 0 unspecified atom stereocenters. The molecule has 0 bridgehead atoms. The molecule has 164 valence electrons. The van der Waals surface area contributed by atoms with Crippen molar-refractivity contribution in [3.05, 3.63) is 60.4 Å². The van der Waals surface area contributed by atoms with Crippen LogP contribution in [0.5, 0.6) is 5.75 Å². The summed E-state index contributed by atoms with van der Waals surface area (Å²) in [6.07, 6.45) is 1.28. The summed E-state index contributed by atoms with van der Waals surface area (Å²) in [6.45, 7) is 3.25. The maximum Gasteiger partial charge on any atom is 0.323 e. The molecule has 2 aromatic carbocycles. The minimum absolute atomic E-state index is 0.102. The van der Waals surface area contributed by atoms with Gasteiger partial charge in [-0.15, -0.1) is 0 Å². The first-order valence-corrected chi connectivity index (χ1v) is 9.47. The number of hydrogen-bond donors (Lipinski definition) is 4. The van der Waals surface area contributed by atoms with Crippen molar-refractivity contribution in [3.63, 3.8) is 0 Å². The molecule has 0 radical (unpaired) electrons. The van der Waals surface area contributed by atoms with E-state index in [9.17, 15) is 18.4 Å². The molecule has 0 saturated carbocycles. The molecule has 2 heterocycles. The van der Waals surface area contributed by atoms with Crippen LogP contribution in [0.4, 0.5) is 42.3 Å². The van der Waals surface area contributed by atoms with Crippen LogP contribution in [0.15, 0.2) is 48.8 Å². The number of rotatable bonds is 4. The van der Waals surface area contributed by atoms with Crippen LogP contribution in [-0.4, -0.2) is 27.5 Å². The van der Waals surface area contributed by atoms with E-state index in [4.69, 9.17) is 4.74 Å². The van der Waals surface area contributed by atoms with E-state index in [1.165, 1.54) is 12.4 Å². The van der Waals surface area contributed by atoms with E-state index in [-0.39, 0.29) is 23.2 Å². The monoisotopic (exact) mass is 440 g/mol. The van der Waals surface area contributed by atoms with E-state index < -0.39 is 23.3 Å². The SMILES string of the molecule is CC1(C)Oc2c(ncnc2Nc2cccc(NC(=O)Nc3ccc(F)c(F)c3)c2)NC1=O. The summed E-state index contributed by atoms with van der Waals surface area (Å²) in [5.41, 5.74) is -0.0114. The Kier molecular flexibility index (Phi) is 5.31.